The number of fused-ring (bicyclic) bond motifs is 1. The van der Waals surface area contributed by atoms with Crippen LogP contribution in [-0.2, 0) is 39.0 Å². The summed E-state index contributed by atoms with van der Waals surface area (Å²) in [5.74, 6) is -0.202. The molecule has 5 rings (SSSR count). The Bertz CT molecular complexity index is 1690. The molecule has 2 aliphatic heterocycles. The van der Waals surface area contributed by atoms with Gasteiger partial charge in [-0.3, -0.25) is 4.57 Å². The van der Waals surface area contributed by atoms with E-state index in [0.717, 1.165) is 0 Å². The van der Waals surface area contributed by atoms with Gasteiger partial charge in [0.1, 0.15) is 36.0 Å². The topological polar surface area (TPSA) is 125 Å². The Kier molecular flexibility index (Phi) is 10.8. The van der Waals surface area contributed by atoms with Crippen molar-refractivity contribution >= 4 is 63.7 Å². The van der Waals surface area contributed by atoms with Gasteiger partial charge in [-0.05, 0) is 60.2 Å². The molecule has 4 heterocycles. The number of nitrogens with two attached hydrogens (primary N) is 1. The van der Waals surface area contributed by atoms with Crippen LogP contribution in [0.2, 0.25) is 41.3 Å². The Morgan fingerprint density at radius 3 is 2.31 bits per heavy atom. The third kappa shape index (κ3) is 7.76. The van der Waals surface area contributed by atoms with Crippen LogP contribution < -0.4 is 5.73 Å². The monoisotopic (exact) mass is 759 g/mol. The highest BCUT2D eigenvalue weighted by Gasteiger charge is 2.55. The second-order valence-electron chi connectivity index (χ2n) is 15.5. The highest BCUT2D eigenvalue weighted by atomic mass is 35.5. The number of ether oxygens (including phenoxy) is 1. The molecular weight excluding hydrogens is 712 g/mol. The van der Waals surface area contributed by atoms with E-state index in [4.69, 9.17) is 56.3 Å². The summed E-state index contributed by atoms with van der Waals surface area (Å²) < 4.78 is 56.4. The first-order chi connectivity index (χ1) is 22.1. The maximum atomic E-state index is 14.9. The van der Waals surface area contributed by atoms with Crippen molar-refractivity contribution in [2.45, 2.75) is 115 Å². The molecule has 0 spiro atoms. The maximum Gasteiger partial charge on any atom is 0.327 e. The molecular formula is C31H48ClFN5O6PSSi2. The molecule has 3 aromatic rings. The lowest BCUT2D eigenvalue weighted by atomic mass is 10.1. The van der Waals surface area contributed by atoms with Crippen molar-refractivity contribution < 1.29 is 31.6 Å². The smallest absolute Gasteiger partial charge is 0.327 e. The molecule has 1 aromatic carbocycles. The van der Waals surface area contributed by atoms with Gasteiger partial charge in [-0.15, -0.1) is 0 Å². The quantitative estimate of drug-likeness (QED) is 0.167. The highest BCUT2D eigenvalue weighted by Crippen LogP contribution is 2.58. The Labute approximate surface area is 294 Å². The van der Waals surface area contributed by atoms with E-state index in [0.29, 0.717) is 28.2 Å². The Hall–Kier alpha value is -1.37. The zero-order chi connectivity index (χ0) is 35.4. The highest BCUT2D eigenvalue weighted by molar-refractivity contribution is 8.07. The molecule has 266 valence electrons. The summed E-state index contributed by atoms with van der Waals surface area (Å²) in [5, 5.41) is 0.0801. The number of imidazole rings is 1. The number of hydrogen-bond acceptors (Lipinski definition) is 11. The van der Waals surface area contributed by atoms with Crippen LogP contribution >= 0.6 is 18.3 Å². The molecule has 48 heavy (non-hydrogen) atoms. The minimum atomic E-state index is -3.32. The summed E-state index contributed by atoms with van der Waals surface area (Å²) in [6.07, 6.45) is 0.372. The molecule has 6 atom stereocenters. The van der Waals surface area contributed by atoms with Gasteiger partial charge in [0.15, 0.2) is 34.3 Å². The Balaban J connectivity index is 1.51. The molecule has 2 fully saturated rings. The third-order valence-electron chi connectivity index (χ3n) is 10.0. The second kappa shape index (κ2) is 13.6. The van der Waals surface area contributed by atoms with Gasteiger partial charge >= 0.3 is 6.72 Å². The number of nitrogen functional groups attached to an aromatic ring is 1. The summed E-state index contributed by atoms with van der Waals surface area (Å²) >= 11 is 11.8. The van der Waals surface area contributed by atoms with Crippen LogP contribution in [-0.4, -0.2) is 67.7 Å². The molecule has 17 heteroatoms. The van der Waals surface area contributed by atoms with E-state index in [9.17, 15) is 4.39 Å². The van der Waals surface area contributed by atoms with E-state index >= 15 is 0 Å². The van der Waals surface area contributed by atoms with E-state index in [1.807, 2.05) is 4.57 Å². The van der Waals surface area contributed by atoms with Gasteiger partial charge in [0.25, 0.3) is 0 Å². The molecule has 0 radical (unpaired) electrons. The number of benzene rings is 1. The number of hydrogen-bond donors (Lipinski definition) is 1. The van der Waals surface area contributed by atoms with Gasteiger partial charge < -0.3 is 32.9 Å². The zero-order valence-electron chi connectivity index (χ0n) is 29.3. The minimum Gasteiger partial charge on any atom is -0.408 e. The van der Waals surface area contributed by atoms with Gasteiger partial charge in [-0.25, -0.2) is 19.3 Å². The van der Waals surface area contributed by atoms with Crippen molar-refractivity contribution in [2.75, 3.05) is 18.9 Å². The SMILES string of the molecule is CC(C)(C)[Si](C)(C)O[C@@H]1[C@H](O[Si](C)(C)C(C)(C)C)[C@@H](COP2(=S)OCCC(c3ccc(Cl)cc3F)O2)O[C@H]1n1cnc2c(N)ncnc21. The van der Waals surface area contributed by atoms with Gasteiger partial charge in [-0.2, -0.15) is 0 Å². The molecule has 0 saturated carbocycles. The van der Waals surface area contributed by atoms with E-state index in [2.05, 4.69) is 82.7 Å². The first-order valence-corrected chi connectivity index (χ1v) is 24.8. The van der Waals surface area contributed by atoms with E-state index in [1.54, 1.807) is 18.5 Å². The average molecular weight is 760 g/mol. The normalized spacial score (nSPS) is 27.5. The summed E-state index contributed by atoms with van der Waals surface area (Å²) in [5.41, 5.74) is 7.50. The van der Waals surface area contributed by atoms with Crippen LogP contribution in [0.1, 0.15) is 65.9 Å². The first-order valence-electron chi connectivity index (χ1n) is 16.1. The summed E-state index contributed by atoms with van der Waals surface area (Å²) in [4.78, 5) is 13.1. The first kappa shape index (κ1) is 37.9. The minimum absolute atomic E-state index is 0.00992. The van der Waals surface area contributed by atoms with Gasteiger partial charge in [-0.1, -0.05) is 59.2 Å². The molecule has 2 aliphatic rings. The second-order valence-corrected chi connectivity index (χ2v) is 28.4. The third-order valence-corrected chi connectivity index (χ3v) is 21.6. The van der Waals surface area contributed by atoms with Crippen LogP contribution in [0.15, 0.2) is 30.9 Å². The van der Waals surface area contributed by atoms with Crippen LogP contribution in [0.4, 0.5) is 10.2 Å². The van der Waals surface area contributed by atoms with Crippen molar-refractivity contribution in [3.8, 4) is 0 Å². The molecule has 2 saturated heterocycles. The van der Waals surface area contributed by atoms with Gasteiger partial charge in [0.2, 0.25) is 0 Å². The largest absolute Gasteiger partial charge is 0.408 e. The maximum absolute atomic E-state index is 14.9. The van der Waals surface area contributed by atoms with E-state index in [1.165, 1.54) is 12.4 Å². The molecule has 0 amide bonds. The lowest BCUT2D eigenvalue weighted by Crippen LogP contribution is -2.54. The summed E-state index contributed by atoms with van der Waals surface area (Å²) in [7, 11) is -4.81. The molecule has 0 bridgehead atoms. The predicted molar refractivity (Wildman–Crippen MR) is 194 cm³/mol. The van der Waals surface area contributed by atoms with Crippen molar-refractivity contribution in [1.82, 2.24) is 19.5 Å². The summed E-state index contributed by atoms with van der Waals surface area (Å²) in [6.45, 7) is 18.9. The number of halogens is 2. The predicted octanol–water partition coefficient (Wildman–Crippen LogP) is 8.30. The molecule has 11 nitrogen and oxygen atoms in total. The van der Waals surface area contributed by atoms with E-state index < -0.39 is 59.8 Å². The molecule has 2 aromatic heterocycles. The van der Waals surface area contributed by atoms with Crippen LogP contribution in [0.5, 0.6) is 0 Å². The van der Waals surface area contributed by atoms with E-state index in [-0.39, 0.29) is 29.1 Å². The van der Waals surface area contributed by atoms with Crippen molar-refractivity contribution in [2.24, 2.45) is 0 Å². The molecule has 0 aliphatic carbocycles. The summed E-state index contributed by atoms with van der Waals surface area (Å²) in [6, 6.07) is 4.49. The fraction of sp³-hybridized carbons (Fsp3) is 0.645. The van der Waals surface area contributed by atoms with Gasteiger partial charge in [0.05, 0.1) is 25.6 Å². The lowest BCUT2D eigenvalue weighted by molar-refractivity contribution is -0.0515. The fourth-order valence-electron chi connectivity index (χ4n) is 5.14. The average Bonchev–Trinajstić information content (AvgIpc) is 3.52. The number of anilines is 1. The van der Waals surface area contributed by atoms with Crippen molar-refractivity contribution in [3.63, 3.8) is 0 Å². The number of nitrogens with zero attached hydrogens (tertiary/aromatic N) is 4. The molecule has 2 N–H and O–H groups in total. The van der Waals surface area contributed by atoms with Gasteiger partial charge in [0, 0.05) is 17.0 Å². The van der Waals surface area contributed by atoms with Crippen molar-refractivity contribution in [3.05, 3.63) is 47.3 Å². The molecule has 2 unspecified atom stereocenters. The number of aromatic nitrogens is 4. The number of rotatable bonds is 9. The standard InChI is InChI=1S/C31H48ClFN5O6PSSi2/c1-30(2,3)47(7,8)43-25-23(16-40-45(46)39-14-13-22(42-45)20-12-11-19(32)15-21(20)33)41-29(26(25)44-48(9,10)31(4,5)6)38-18-37-24-27(34)35-17-36-28(24)38/h11-12,15,17-18,22-23,25-26,29H,13-14,16H2,1-10H3,(H2,34,35,36)/t22?,23-,25-,26-,29-,45?/m1/s1. The fourth-order valence-corrected chi connectivity index (χ4v) is 10.0. The lowest BCUT2D eigenvalue weighted by Gasteiger charge is -2.44. The zero-order valence-corrected chi connectivity index (χ0v) is 33.8. The Morgan fingerprint density at radius 2 is 1.69 bits per heavy atom. The van der Waals surface area contributed by atoms with Crippen LogP contribution in [0, 0.1) is 5.82 Å². The van der Waals surface area contributed by atoms with Crippen LogP contribution in [0.25, 0.3) is 11.2 Å². The van der Waals surface area contributed by atoms with Crippen molar-refractivity contribution in [1.29, 1.82) is 0 Å². The van der Waals surface area contributed by atoms with Crippen LogP contribution in [0.3, 0.4) is 0 Å². The Morgan fingerprint density at radius 1 is 1.04 bits per heavy atom.